The SMILES string of the molecule is NC(=O)c1ccc[n+]([C@@H]2O[C@H](COP(=O)([O-])OP(=O)(O)OC[C@@H]3O[C@H](n4cc(-c5ccccc5)nn4)[C@@H](O)[C@H]3O)[C@@H](O)[C@H]2O)c1. The molecule has 45 heavy (non-hydrogen) atoms. The Morgan fingerprint density at radius 2 is 1.64 bits per heavy atom. The Morgan fingerprint density at radius 3 is 2.36 bits per heavy atom. The van der Waals surface area contributed by atoms with Gasteiger partial charge < -0.3 is 49.9 Å². The van der Waals surface area contributed by atoms with Crippen LogP contribution in [0.2, 0.25) is 0 Å². The first-order valence-corrected chi connectivity index (χ1v) is 16.2. The van der Waals surface area contributed by atoms with Crippen LogP contribution in [-0.2, 0) is 32.0 Å². The number of aliphatic hydroxyl groups excluding tert-OH is 4. The van der Waals surface area contributed by atoms with Gasteiger partial charge in [0.1, 0.15) is 41.8 Å². The van der Waals surface area contributed by atoms with E-state index in [9.17, 15) is 44.1 Å². The van der Waals surface area contributed by atoms with E-state index in [0.29, 0.717) is 5.69 Å². The molecule has 2 aliphatic heterocycles. The number of benzene rings is 1. The van der Waals surface area contributed by atoms with Gasteiger partial charge in [-0.2, -0.15) is 4.57 Å². The van der Waals surface area contributed by atoms with Crippen molar-refractivity contribution in [2.75, 3.05) is 13.2 Å². The van der Waals surface area contributed by atoms with Gasteiger partial charge in [-0.3, -0.25) is 13.9 Å². The molecule has 0 aliphatic carbocycles. The van der Waals surface area contributed by atoms with Gasteiger partial charge in [0, 0.05) is 11.6 Å². The fraction of sp³-hybridized carbons (Fsp3) is 0.417. The van der Waals surface area contributed by atoms with Crippen molar-refractivity contribution in [2.24, 2.45) is 5.73 Å². The summed E-state index contributed by atoms with van der Waals surface area (Å²) < 4.78 is 51.5. The maximum absolute atomic E-state index is 12.4. The number of phosphoric acid groups is 2. The molecule has 5 rings (SSSR count). The van der Waals surface area contributed by atoms with E-state index in [1.807, 2.05) is 6.07 Å². The fourth-order valence-corrected chi connectivity index (χ4v) is 6.70. The van der Waals surface area contributed by atoms with Crippen LogP contribution in [0.15, 0.2) is 61.1 Å². The Kier molecular flexibility index (Phi) is 9.93. The molecule has 21 heteroatoms. The summed E-state index contributed by atoms with van der Waals surface area (Å²) in [6.07, 6.45) is -7.79. The molecule has 2 aromatic heterocycles. The van der Waals surface area contributed by atoms with E-state index in [4.69, 9.17) is 15.2 Å². The lowest BCUT2D eigenvalue weighted by molar-refractivity contribution is -0.765. The molecule has 0 spiro atoms. The van der Waals surface area contributed by atoms with Crippen LogP contribution in [0.1, 0.15) is 22.8 Å². The van der Waals surface area contributed by atoms with E-state index in [1.165, 1.54) is 35.3 Å². The molecular formula is C24H29N5O14P2. The van der Waals surface area contributed by atoms with Gasteiger partial charge in [-0.05, 0) is 6.07 Å². The van der Waals surface area contributed by atoms with E-state index in [1.54, 1.807) is 24.3 Å². The van der Waals surface area contributed by atoms with Gasteiger partial charge in [-0.1, -0.05) is 35.5 Å². The van der Waals surface area contributed by atoms with Crippen LogP contribution in [0.4, 0.5) is 0 Å². The number of aromatic nitrogens is 4. The summed E-state index contributed by atoms with van der Waals surface area (Å²) in [5.41, 5.74) is 6.47. The monoisotopic (exact) mass is 673 g/mol. The van der Waals surface area contributed by atoms with Crippen LogP contribution < -0.4 is 15.2 Å². The zero-order valence-corrected chi connectivity index (χ0v) is 24.8. The highest BCUT2D eigenvalue weighted by Gasteiger charge is 2.49. The van der Waals surface area contributed by atoms with E-state index in [-0.39, 0.29) is 5.56 Å². The molecule has 19 nitrogen and oxygen atoms in total. The summed E-state index contributed by atoms with van der Waals surface area (Å²) in [6, 6.07) is 11.8. The molecule has 4 heterocycles. The van der Waals surface area contributed by atoms with E-state index in [2.05, 4.69) is 23.7 Å². The van der Waals surface area contributed by atoms with Crippen LogP contribution in [0.5, 0.6) is 0 Å². The van der Waals surface area contributed by atoms with Gasteiger partial charge in [0.05, 0.1) is 19.4 Å². The number of ether oxygens (including phenoxy) is 2. The van der Waals surface area contributed by atoms with E-state index >= 15 is 0 Å². The molecule has 10 atom stereocenters. The van der Waals surface area contributed by atoms with Crippen LogP contribution in [0.3, 0.4) is 0 Å². The number of nitrogens with zero attached hydrogens (tertiary/aromatic N) is 4. The van der Waals surface area contributed by atoms with Crippen molar-refractivity contribution < 1.29 is 71.5 Å². The zero-order valence-electron chi connectivity index (χ0n) is 23.0. The molecule has 2 unspecified atom stereocenters. The maximum atomic E-state index is 12.4. The summed E-state index contributed by atoms with van der Waals surface area (Å²) in [6.45, 7) is -1.85. The Bertz CT molecular complexity index is 1600. The summed E-state index contributed by atoms with van der Waals surface area (Å²) in [4.78, 5) is 33.7. The Labute approximate surface area is 254 Å². The molecule has 0 radical (unpaired) electrons. The summed E-state index contributed by atoms with van der Waals surface area (Å²) in [5, 5.41) is 49.4. The second-order valence-corrected chi connectivity index (χ2v) is 13.0. The van der Waals surface area contributed by atoms with Crippen molar-refractivity contribution in [3.8, 4) is 11.3 Å². The topological polar surface area (TPSA) is 282 Å². The van der Waals surface area contributed by atoms with E-state index in [0.717, 1.165) is 10.2 Å². The number of carbonyl (C=O) groups is 1. The second-order valence-electron chi connectivity index (χ2n) is 10.0. The highest BCUT2D eigenvalue weighted by Crippen LogP contribution is 2.58. The van der Waals surface area contributed by atoms with Crippen molar-refractivity contribution in [1.82, 2.24) is 15.0 Å². The molecular weight excluding hydrogens is 644 g/mol. The molecule has 2 fully saturated rings. The number of aliphatic hydroxyl groups is 4. The van der Waals surface area contributed by atoms with Crippen molar-refractivity contribution >= 4 is 21.6 Å². The van der Waals surface area contributed by atoms with Crippen molar-refractivity contribution in [3.63, 3.8) is 0 Å². The smallest absolute Gasteiger partial charge is 0.478 e. The number of amides is 1. The number of pyridine rings is 1. The average Bonchev–Trinajstić information content (AvgIpc) is 3.68. The van der Waals surface area contributed by atoms with Crippen molar-refractivity contribution in [1.29, 1.82) is 0 Å². The van der Waals surface area contributed by atoms with Crippen molar-refractivity contribution in [3.05, 3.63) is 66.6 Å². The molecule has 2 aliphatic rings. The zero-order chi connectivity index (χ0) is 32.5. The largest absolute Gasteiger partial charge is 0.756 e. The summed E-state index contributed by atoms with van der Waals surface area (Å²) >= 11 is 0. The predicted molar refractivity (Wildman–Crippen MR) is 143 cm³/mol. The van der Waals surface area contributed by atoms with Gasteiger partial charge in [0.15, 0.2) is 24.7 Å². The molecule has 0 bridgehead atoms. The molecule has 3 aromatic rings. The number of phosphoric ester groups is 2. The van der Waals surface area contributed by atoms with Crippen LogP contribution in [0.25, 0.3) is 11.3 Å². The third-order valence-corrected chi connectivity index (χ3v) is 9.48. The minimum absolute atomic E-state index is 0.0646. The number of carbonyl (C=O) groups excluding carboxylic acids is 1. The number of hydrogen-bond acceptors (Lipinski definition) is 15. The molecule has 1 amide bonds. The lowest BCUT2D eigenvalue weighted by atomic mass is 10.1. The van der Waals surface area contributed by atoms with Crippen molar-refractivity contribution in [2.45, 2.75) is 49.1 Å². The Morgan fingerprint density at radius 1 is 0.978 bits per heavy atom. The molecule has 7 N–H and O–H groups in total. The quantitative estimate of drug-likeness (QED) is 0.0886. The van der Waals surface area contributed by atoms with Crippen LogP contribution in [-0.4, -0.2) is 96.1 Å². The summed E-state index contributed by atoms with van der Waals surface area (Å²) in [5.74, 6) is -0.769. The number of rotatable bonds is 12. The van der Waals surface area contributed by atoms with E-state index < -0.39 is 83.8 Å². The van der Waals surface area contributed by atoms with Gasteiger partial charge >= 0.3 is 7.82 Å². The van der Waals surface area contributed by atoms with Crippen LogP contribution >= 0.6 is 15.6 Å². The maximum Gasteiger partial charge on any atom is 0.478 e. The average molecular weight is 673 g/mol. The lowest BCUT2D eigenvalue weighted by Crippen LogP contribution is -2.46. The fourth-order valence-electron chi connectivity index (χ4n) is 4.64. The standard InChI is InChI=1S/C24H29N5O14P2/c25-22(34)14-7-4-8-28(9-14)23-20(32)18(30)16(41-23)11-39-44(35,36)43-45(37,38)40-12-17-19(31)21(33)24(42-17)29-10-15(26-27-29)13-5-2-1-3-6-13/h1-10,16-21,23-24,30-33H,11-12H2,(H3-,25,34,35,36,37,38)/t16-,17+,18-,19+,20-,21+,23-,24+/m1/s1. The van der Waals surface area contributed by atoms with Gasteiger partial charge in [-0.15, -0.1) is 5.10 Å². The first kappa shape index (κ1) is 33.4. The van der Waals surface area contributed by atoms with Crippen LogP contribution in [0, 0.1) is 0 Å². The molecule has 0 saturated carbocycles. The Hall–Kier alpha value is -3.00. The molecule has 1 aromatic carbocycles. The van der Waals surface area contributed by atoms with Gasteiger partial charge in [0.2, 0.25) is 0 Å². The first-order chi connectivity index (χ1) is 21.2. The lowest BCUT2D eigenvalue weighted by Gasteiger charge is -2.26. The van der Waals surface area contributed by atoms with Gasteiger partial charge in [-0.25, -0.2) is 13.6 Å². The highest BCUT2D eigenvalue weighted by molar-refractivity contribution is 7.60. The van der Waals surface area contributed by atoms with Gasteiger partial charge in [0.25, 0.3) is 20.0 Å². The Balaban J connectivity index is 1.14. The molecule has 2 saturated heterocycles. The normalized spacial score (nSPS) is 31.0. The first-order valence-electron chi connectivity index (χ1n) is 13.2. The predicted octanol–water partition coefficient (Wildman–Crippen LogP) is -2.11. The molecule has 244 valence electrons. The third-order valence-electron chi connectivity index (χ3n) is 6.92. The number of nitrogens with two attached hydrogens (primary N) is 1. The highest BCUT2D eigenvalue weighted by atomic mass is 31.3. The second kappa shape index (κ2) is 13.4. The third kappa shape index (κ3) is 7.70. The number of hydrogen-bond donors (Lipinski definition) is 6. The summed E-state index contributed by atoms with van der Waals surface area (Å²) in [7, 11) is -11.0. The number of primary amides is 1. The minimum atomic E-state index is -5.60. The minimum Gasteiger partial charge on any atom is -0.756 e.